The molecule has 2 saturated heterocycles. The van der Waals surface area contributed by atoms with E-state index in [1.165, 1.54) is 23.5 Å². The Hall–Kier alpha value is -2.74. The molecule has 2 heterocycles. The second kappa shape index (κ2) is 14.0. The number of hydrogen-bond donors (Lipinski definition) is 2. The van der Waals surface area contributed by atoms with Crippen LogP contribution < -0.4 is 10.1 Å². The first kappa shape index (κ1) is 31.2. The van der Waals surface area contributed by atoms with Gasteiger partial charge in [-0.15, -0.1) is 0 Å². The first-order valence-electron chi connectivity index (χ1n) is 13.7. The van der Waals surface area contributed by atoms with Gasteiger partial charge in [-0.1, -0.05) is 44.2 Å². The van der Waals surface area contributed by atoms with Crippen LogP contribution in [-0.2, 0) is 35.4 Å². The number of aliphatic hydroxyl groups is 1. The molecule has 11 nitrogen and oxygen atoms in total. The lowest BCUT2D eigenvalue weighted by molar-refractivity contribution is -0.0214. The second-order valence-electron chi connectivity index (χ2n) is 10.7. The van der Waals surface area contributed by atoms with Crippen LogP contribution in [0, 0.1) is 5.92 Å². The van der Waals surface area contributed by atoms with Crippen molar-refractivity contribution in [1.82, 2.24) is 9.62 Å². The number of amides is 1. The topological polar surface area (TPSA) is 133 Å². The molecule has 0 bridgehead atoms. The van der Waals surface area contributed by atoms with Crippen molar-refractivity contribution >= 4 is 16.1 Å². The quantitative estimate of drug-likeness (QED) is 0.359. The average Bonchev–Trinajstić information content (AvgIpc) is 3.55. The Balaban J connectivity index is 1.50. The summed E-state index contributed by atoms with van der Waals surface area (Å²) in [4.78, 5) is 13.1. The van der Waals surface area contributed by atoms with Gasteiger partial charge in [0.25, 0.3) is 0 Å². The third-order valence-corrected chi connectivity index (χ3v) is 9.09. The predicted molar refractivity (Wildman–Crippen MR) is 150 cm³/mol. The van der Waals surface area contributed by atoms with Gasteiger partial charge in [-0.2, -0.15) is 4.31 Å². The van der Waals surface area contributed by atoms with Gasteiger partial charge in [0.15, 0.2) is 6.10 Å². The van der Waals surface area contributed by atoms with E-state index < -0.39 is 40.5 Å². The van der Waals surface area contributed by atoms with Gasteiger partial charge in [0.05, 0.1) is 37.4 Å². The molecule has 41 heavy (non-hydrogen) atoms. The summed E-state index contributed by atoms with van der Waals surface area (Å²) < 4.78 is 56.2. The zero-order valence-corrected chi connectivity index (χ0v) is 24.7. The molecule has 4 rings (SSSR count). The maximum atomic E-state index is 13.6. The number of fused-ring (bicyclic) bond motifs is 1. The van der Waals surface area contributed by atoms with Crippen LogP contribution in [0.3, 0.4) is 0 Å². The van der Waals surface area contributed by atoms with Crippen LogP contribution in [-0.4, -0.2) is 101 Å². The number of rotatable bonds is 13. The van der Waals surface area contributed by atoms with Crippen molar-refractivity contribution in [2.45, 2.75) is 61.7 Å². The Kier molecular flexibility index (Phi) is 10.6. The van der Waals surface area contributed by atoms with E-state index in [9.17, 15) is 18.3 Å². The summed E-state index contributed by atoms with van der Waals surface area (Å²) in [5, 5.41) is 14.2. The number of benzene rings is 2. The molecule has 226 valence electrons. The fourth-order valence-electron chi connectivity index (χ4n) is 5.12. The molecular weight excluding hydrogens is 552 g/mol. The lowest BCUT2D eigenvalue weighted by Gasteiger charge is -2.31. The molecule has 6 atom stereocenters. The molecule has 0 spiro atoms. The highest BCUT2D eigenvalue weighted by molar-refractivity contribution is 7.89. The fraction of sp³-hybridized carbons (Fsp3) is 0.552. The van der Waals surface area contributed by atoms with E-state index in [0.717, 1.165) is 5.56 Å². The van der Waals surface area contributed by atoms with Crippen molar-refractivity contribution in [2.24, 2.45) is 5.92 Å². The van der Waals surface area contributed by atoms with Crippen molar-refractivity contribution in [2.75, 3.05) is 40.5 Å². The summed E-state index contributed by atoms with van der Waals surface area (Å²) in [6.07, 6.45) is -3.38. The first-order valence-corrected chi connectivity index (χ1v) is 15.2. The Morgan fingerprint density at radius 2 is 1.63 bits per heavy atom. The van der Waals surface area contributed by atoms with Gasteiger partial charge in [0, 0.05) is 20.2 Å². The van der Waals surface area contributed by atoms with E-state index in [1.54, 1.807) is 19.2 Å². The molecule has 0 unspecified atom stereocenters. The summed E-state index contributed by atoms with van der Waals surface area (Å²) in [5.74, 6) is 0.517. The maximum absolute atomic E-state index is 13.6. The number of carbonyl (C=O) groups is 1. The van der Waals surface area contributed by atoms with Crippen LogP contribution >= 0.6 is 0 Å². The standard InChI is InChI=1S/C29H40N2O9S/c1-19(2)15-31(41(34,35)22-12-10-21(36-3)11-13-22)16-24(32)23(14-20-8-6-5-7-9-20)30-29(33)40-26-18-39-27-25(37-4)17-38-28(26)27/h5-13,19,23-28,32H,14-18H2,1-4H3,(H,30,33)/t23-,24+,25+,26-,27+,28+/m0/s1. The lowest BCUT2D eigenvalue weighted by atomic mass is 10.0. The van der Waals surface area contributed by atoms with E-state index in [1.807, 2.05) is 44.2 Å². The summed E-state index contributed by atoms with van der Waals surface area (Å²) in [7, 11) is -0.876. The molecule has 12 heteroatoms. The molecule has 0 radical (unpaired) electrons. The molecule has 2 N–H and O–H groups in total. The fourth-order valence-corrected chi connectivity index (χ4v) is 6.74. The zero-order valence-electron chi connectivity index (χ0n) is 23.8. The number of nitrogens with one attached hydrogen (secondary N) is 1. The molecule has 0 saturated carbocycles. The molecular formula is C29H40N2O9S. The highest BCUT2D eigenvalue weighted by Crippen LogP contribution is 2.30. The highest BCUT2D eigenvalue weighted by Gasteiger charge is 2.50. The number of aliphatic hydroxyl groups excluding tert-OH is 1. The van der Waals surface area contributed by atoms with E-state index in [-0.39, 0.29) is 49.1 Å². The van der Waals surface area contributed by atoms with E-state index in [4.69, 9.17) is 23.7 Å². The molecule has 2 aliphatic rings. The monoisotopic (exact) mass is 592 g/mol. The van der Waals surface area contributed by atoms with Gasteiger partial charge in [-0.05, 0) is 42.2 Å². The van der Waals surface area contributed by atoms with Crippen molar-refractivity contribution < 1.29 is 42.0 Å². The van der Waals surface area contributed by atoms with Crippen LogP contribution in [0.1, 0.15) is 19.4 Å². The Morgan fingerprint density at radius 3 is 2.24 bits per heavy atom. The van der Waals surface area contributed by atoms with Crippen molar-refractivity contribution in [3.8, 4) is 5.75 Å². The van der Waals surface area contributed by atoms with Crippen molar-refractivity contribution in [3.63, 3.8) is 0 Å². The number of alkyl carbamates (subject to hydrolysis) is 1. The summed E-state index contributed by atoms with van der Waals surface area (Å²) in [6, 6.07) is 14.6. The van der Waals surface area contributed by atoms with Crippen LogP contribution in [0.4, 0.5) is 4.79 Å². The summed E-state index contributed by atoms with van der Waals surface area (Å²) in [5.41, 5.74) is 0.858. The number of ether oxygens (including phenoxy) is 5. The minimum absolute atomic E-state index is 0.0154. The van der Waals surface area contributed by atoms with E-state index in [2.05, 4.69) is 5.32 Å². The normalized spacial score (nSPS) is 23.8. The van der Waals surface area contributed by atoms with Gasteiger partial charge in [0.1, 0.15) is 24.1 Å². The van der Waals surface area contributed by atoms with Crippen LogP contribution in [0.15, 0.2) is 59.5 Å². The molecule has 2 aromatic carbocycles. The molecule has 2 aromatic rings. The number of carbonyl (C=O) groups excluding carboxylic acids is 1. The number of nitrogens with zero attached hydrogens (tertiary/aromatic N) is 1. The van der Waals surface area contributed by atoms with E-state index >= 15 is 0 Å². The van der Waals surface area contributed by atoms with E-state index in [0.29, 0.717) is 12.4 Å². The van der Waals surface area contributed by atoms with Gasteiger partial charge in [0.2, 0.25) is 10.0 Å². The average molecular weight is 593 g/mol. The lowest BCUT2D eigenvalue weighted by Crippen LogP contribution is -2.52. The van der Waals surface area contributed by atoms with Crippen LogP contribution in [0.25, 0.3) is 0 Å². The Labute approximate surface area is 241 Å². The van der Waals surface area contributed by atoms with Gasteiger partial charge in [-0.25, -0.2) is 13.2 Å². The van der Waals surface area contributed by atoms with Gasteiger partial charge < -0.3 is 34.1 Å². The van der Waals surface area contributed by atoms with Crippen molar-refractivity contribution in [1.29, 1.82) is 0 Å². The number of methoxy groups -OCH3 is 2. The van der Waals surface area contributed by atoms with Crippen LogP contribution in [0.2, 0.25) is 0 Å². The smallest absolute Gasteiger partial charge is 0.407 e. The first-order chi connectivity index (χ1) is 19.6. The van der Waals surface area contributed by atoms with Gasteiger partial charge >= 0.3 is 6.09 Å². The summed E-state index contributed by atoms with van der Waals surface area (Å²) >= 11 is 0. The number of sulfonamides is 1. The van der Waals surface area contributed by atoms with Crippen molar-refractivity contribution in [3.05, 3.63) is 60.2 Å². The summed E-state index contributed by atoms with van der Waals surface area (Å²) in [6.45, 7) is 4.24. The molecule has 1 amide bonds. The molecule has 2 aliphatic heterocycles. The third-order valence-electron chi connectivity index (χ3n) is 7.25. The van der Waals surface area contributed by atoms with Crippen LogP contribution in [0.5, 0.6) is 5.75 Å². The molecule has 0 aromatic heterocycles. The molecule has 2 fully saturated rings. The largest absolute Gasteiger partial charge is 0.497 e. The SMILES string of the molecule is COc1ccc(S(=O)(=O)N(CC(C)C)C[C@@H](O)[C@H](Cc2ccccc2)NC(=O)O[C@H]2CO[C@H]3[C@@H]2OC[C@H]3OC)cc1. The third kappa shape index (κ3) is 7.76. The minimum atomic E-state index is -3.96. The number of hydrogen-bond acceptors (Lipinski definition) is 9. The van der Waals surface area contributed by atoms with Gasteiger partial charge in [-0.3, -0.25) is 0 Å². The highest BCUT2D eigenvalue weighted by atomic mass is 32.2. The maximum Gasteiger partial charge on any atom is 0.407 e. The predicted octanol–water partition coefficient (Wildman–Crippen LogP) is 2.22. The zero-order chi connectivity index (χ0) is 29.6. The molecule has 0 aliphatic carbocycles. The minimum Gasteiger partial charge on any atom is -0.497 e. The Bertz CT molecular complexity index is 1230. The Morgan fingerprint density at radius 1 is 1.00 bits per heavy atom. The second-order valence-corrected chi connectivity index (χ2v) is 12.7.